The molecular weight excluding hydrogens is 446 g/mol. The molecule has 0 saturated carbocycles. The SMILES string of the molecule is C[C@]1(c2ccc3c(c2)OCCO3)NC(=O)N(CC(=O)Nc2ccccc2Cc2ccccc2)C1=O. The Balaban J connectivity index is 1.30. The molecule has 0 unspecified atom stereocenters. The highest BCUT2D eigenvalue weighted by Gasteiger charge is 2.49. The molecular formula is C27H25N3O5. The highest BCUT2D eigenvalue weighted by Crippen LogP contribution is 2.36. The van der Waals surface area contributed by atoms with Crippen molar-refractivity contribution < 1.29 is 23.9 Å². The van der Waals surface area contributed by atoms with Crippen molar-refractivity contribution >= 4 is 23.5 Å². The predicted octanol–water partition coefficient (Wildman–Crippen LogP) is 3.45. The van der Waals surface area contributed by atoms with Crippen LogP contribution in [-0.4, -0.2) is 42.5 Å². The molecule has 1 saturated heterocycles. The minimum atomic E-state index is -1.32. The summed E-state index contributed by atoms with van der Waals surface area (Å²) in [6, 6.07) is 21.9. The van der Waals surface area contributed by atoms with Crippen LogP contribution >= 0.6 is 0 Å². The van der Waals surface area contributed by atoms with Crippen molar-refractivity contribution in [3.8, 4) is 11.5 Å². The van der Waals surface area contributed by atoms with Gasteiger partial charge in [-0.1, -0.05) is 54.6 Å². The first kappa shape index (κ1) is 22.5. The number of nitrogens with one attached hydrogen (secondary N) is 2. The van der Waals surface area contributed by atoms with Gasteiger partial charge in [0.15, 0.2) is 11.5 Å². The molecule has 0 aromatic heterocycles. The molecule has 3 aromatic carbocycles. The van der Waals surface area contributed by atoms with Gasteiger partial charge in [0.2, 0.25) is 5.91 Å². The Bertz CT molecular complexity index is 1290. The highest BCUT2D eigenvalue weighted by atomic mass is 16.6. The maximum absolute atomic E-state index is 13.3. The van der Waals surface area contributed by atoms with Crippen LogP contribution < -0.4 is 20.1 Å². The van der Waals surface area contributed by atoms with Crippen LogP contribution in [0.5, 0.6) is 11.5 Å². The molecule has 1 atom stereocenters. The molecule has 178 valence electrons. The van der Waals surface area contributed by atoms with Gasteiger partial charge in [-0.3, -0.25) is 14.5 Å². The summed E-state index contributed by atoms with van der Waals surface area (Å²) in [6.07, 6.45) is 0.641. The second-order valence-corrected chi connectivity index (χ2v) is 8.67. The molecule has 2 aliphatic rings. The first-order valence-corrected chi connectivity index (χ1v) is 11.4. The van der Waals surface area contributed by atoms with Crippen LogP contribution in [0.1, 0.15) is 23.6 Å². The van der Waals surface area contributed by atoms with Gasteiger partial charge < -0.3 is 20.1 Å². The molecule has 2 N–H and O–H groups in total. The lowest BCUT2D eigenvalue weighted by molar-refractivity contribution is -0.133. The van der Waals surface area contributed by atoms with E-state index in [9.17, 15) is 14.4 Å². The van der Waals surface area contributed by atoms with Crippen molar-refractivity contribution in [2.24, 2.45) is 0 Å². The Morgan fingerprint density at radius 1 is 0.971 bits per heavy atom. The average Bonchev–Trinajstić information content (AvgIpc) is 3.09. The fourth-order valence-electron chi connectivity index (χ4n) is 4.34. The van der Waals surface area contributed by atoms with E-state index in [1.807, 2.05) is 48.5 Å². The first-order valence-electron chi connectivity index (χ1n) is 11.4. The van der Waals surface area contributed by atoms with E-state index in [4.69, 9.17) is 9.47 Å². The molecule has 2 heterocycles. The van der Waals surface area contributed by atoms with E-state index in [1.54, 1.807) is 31.2 Å². The second kappa shape index (κ2) is 9.13. The van der Waals surface area contributed by atoms with E-state index in [0.717, 1.165) is 16.0 Å². The van der Waals surface area contributed by atoms with Crippen LogP contribution in [-0.2, 0) is 21.5 Å². The number of hydrogen-bond acceptors (Lipinski definition) is 5. The third kappa shape index (κ3) is 4.42. The summed E-state index contributed by atoms with van der Waals surface area (Å²) >= 11 is 0. The Hall–Kier alpha value is -4.33. The van der Waals surface area contributed by atoms with Crippen LogP contribution in [0.4, 0.5) is 10.5 Å². The van der Waals surface area contributed by atoms with Gasteiger partial charge in [-0.05, 0) is 48.2 Å². The zero-order valence-electron chi connectivity index (χ0n) is 19.2. The van der Waals surface area contributed by atoms with E-state index < -0.39 is 29.9 Å². The van der Waals surface area contributed by atoms with Gasteiger partial charge in [0.1, 0.15) is 25.3 Å². The molecule has 4 amide bonds. The maximum Gasteiger partial charge on any atom is 0.325 e. The van der Waals surface area contributed by atoms with Crippen LogP contribution in [0.2, 0.25) is 0 Å². The zero-order valence-corrected chi connectivity index (χ0v) is 19.2. The molecule has 1 fully saturated rings. The van der Waals surface area contributed by atoms with Gasteiger partial charge in [0.25, 0.3) is 5.91 Å². The van der Waals surface area contributed by atoms with E-state index in [-0.39, 0.29) is 0 Å². The van der Waals surface area contributed by atoms with Gasteiger partial charge in [-0.25, -0.2) is 4.79 Å². The fourth-order valence-corrected chi connectivity index (χ4v) is 4.34. The molecule has 0 bridgehead atoms. The van der Waals surface area contributed by atoms with Crippen LogP contribution in [0, 0.1) is 0 Å². The van der Waals surface area contributed by atoms with E-state index in [2.05, 4.69) is 10.6 Å². The van der Waals surface area contributed by atoms with Crippen molar-refractivity contribution in [3.05, 3.63) is 89.5 Å². The summed E-state index contributed by atoms with van der Waals surface area (Å²) in [5.41, 5.74) is 1.92. The minimum absolute atomic E-state index is 0.398. The lowest BCUT2D eigenvalue weighted by atomic mass is 9.91. The number of rotatable bonds is 6. The summed E-state index contributed by atoms with van der Waals surface area (Å²) < 4.78 is 11.2. The summed E-state index contributed by atoms with van der Waals surface area (Å²) in [5, 5.41) is 5.59. The van der Waals surface area contributed by atoms with Gasteiger partial charge in [-0.15, -0.1) is 0 Å². The standard InChI is InChI=1S/C27H25N3O5/c1-27(20-11-12-22-23(16-20)35-14-13-34-22)25(32)30(26(33)29-27)17-24(31)28-21-10-6-5-9-19(21)15-18-7-3-2-4-8-18/h2-12,16H,13-15,17H2,1H3,(H,28,31)(H,29,33)/t27-/m1/s1. The Morgan fingerprint density at radius 2 is 1.69 bits per heavy atom. The van der Waals surface area contributed by atoms with Crippen molar-refractivity contribution in [1.29, 1.82) is 0 Å². The van der Waals surface area contributed by atoms with Crippen molar-refractivity contribution in [3.63, 3.8) is 0 Å². The van der Waals surface area contributed by atoms with Gasteiger partial charge >= 0.3 is 6.03 Å². The predicted molar refractivity (Wildman–Crippen MR) is 129 cm³/mol. The number of anilines is 1. The third-order valence-electron chi connectivity index (χ3n) is 6.23. The number of fused-ring (bicyclic) bond motifs is 1. The largest absolute Gasteiger partial charge is 0.486 e. The van der Waals surface area contributed by atoms with Crippen molar-refractivity contribution in [1.82, 2.24) is 10.2 Å². The van der Waals surface area contributed by atoms with E-state index in [0.29, 0.717) is 42.4 Å². The fraction of sp³-hybridized carbons (Fsp3) is 0.222. The number of ether oxygens (including phenoxy) is 2. The number of hydrogen-bond donors (Lipinski definition) is 2. The van der Waals surface area contributed by atoms with Gasteiger partial charge in [-0.2, -0.15) is 0 Å². The lowest BCUT2D eigenvalue weighted by Gasteiger charge is -2.25. The summed E-state index contributed by atoms with van der Waals surface area (Å²) in [6.45, 7) is 2.08. The van der Waals surface area contributed by atoms with Crippen LogP contribution in [0.15, 0.2) is 72.8 Å². The molecule has 8 nitrogen and oxygen atoms in total. The maximum atomic E-state index is 13.3. The number of carbonyl (C=O) groups is 3. The molecule has 3 aromatic rings. The van der Waals surface area contributed by atoms with Crippen LogP contribution in [0.25, 0.3) is 0 Å². The highest BCUT2D eigenvalue weighted by molar-refractivity contribution is 6.10. The third-order valence-corrected chi connectivity index (χ3v) is 6.23. The zero-order chi connectivity index (χ0) is 24.4. The average molecular weight is 472 g/mol. The molecule has 5 rings (SSSR count). The first-order chi connectivity index (χ1) is 16.9. The Labute approximate surface area is 202 Å². The quantitative estimate of drug-likeness (QED) is 0.537. The molecule has 35 heavy (non-hydrogen) atoms. The normalized spacial score (nSPS) is 18.8. The smallest absolute Gasteiger partial charge is 0.325 e. The minimum Gasteiger partial charge on any atom is -0.486 e. The molecule has 2 aliphatic heterocycles. The number of para-hydroxylation sites is 1. The van der Waals surface area contributed by atoms with E-state index in [1.165, 1.54) is 0 Å². The van der Waals surface area contributed by atoms with Crippen molar-refractivity contribution in [2.45, 2.75) is 18.9 Å². The summed E-state index contributed by atoms with van der Waals surface area (Å²) in [7, 11) is 0. The number of imide groups is 1. The Kier molecular flexibility index (Phi) is 5.86. The number of amides is 4. The molecule has 0 aliphatic carbocycles. The van der Waals surface area contributed by atoms with Gasteiger partial charge in [0.05, 0.1) is 0 Å². The number of carbonyl (C=O) groups excluding carboxylic acids is 3. The van der Waals surface area contributed by atoms with E-state index >= 15 is 0 Å². The number of nitrogens with zero attached hydrogens (tertiary/aromatic N) is 1. The summed E-state index contributed by atoms with van der Waals surface area (Å²) in [4.78, 5) is 39.8. The lowest BCUT2D eigenvalue weighted by Crippen LogP contribution is -2.42. The van der Waals surface area contributed by atoms with Crippen LogP contribution in [0.3, 0.4) is 0 Å². The molecule has 8 heteroatoms. The monoisotopic (exact) mass is 471 g/mol. The summed E-state index contributed by atoms with van der Waals surface area (Å²) in [5.74, 6) is 0.140. The Morgan fingerprint density at radius 3 is 2.49 bits per heavy atom. The molecule has 0 spiro atoms. The topological polar surface area (TPSA) is 97.0 Å². The number of urea groups is 1. The van der Waals surface area contributed by atoms with Gasteiger partial charge in [0, 0.05) is 5.69 Å². The number of benzene rings is 3. The second-order valence-electron chi connectivity index (χ2n) is 8.67. The molecule has 0 radical (unpaired) electrons. The van der Waals surface area contributed by atoms with Crippen molar-refractivity contribution in [2.75, 3.05) is 25.1 Å².